The fourth-order valence-electron chi connectivity index (χ4n) is 6.89. The molecule has 48 heavy (non-hydrogen) atoms. The van der Waals surface area contributed by atoms with Gasteiger partial charge in [0.25, 0.3) is 0 Å². The molecule has 0 amide bonds. The highest BCUT2D eigenvalue weighted by atomic mass is 32.1. The molecule has 9 rings (SSSR count). The summed E-state index contributed by atoms with van der Waals surface area (Å²) in [5.74, 6) is 0. The molecule has 0 saturated heterocycles. The summed E-state index contributed by atoms with van der Waals surface area (Å²) in [6, 6.07) is 68.0. The zero-order valence-electron chi connectivity index (χ0n) is 26.3. The molecule has 0 aliphatic rings. The van der Waals surface area contributed by atoms with E-state index in [0.29, 0.717) is 0 Å². The monoisotopic (exact) mass is 629 g/mol. The maximum atomic E-state index is 2.41. The van der Waals surface area contributed by atoms with Crippen LogP contribution in [0.1, 0.15) is 0 Å². The van der Waals surface area contributed by atoms with Crippen molar-refractivity contribution in [3.05, 3.63) is 188 Å². The van der Waals surface area contributed by atoms with Crippen molar-refractivity contribution in [1.82, 2.24) is 0 Å². The number of benzene rings is 8. The number of rotatable bonds is 6. The second-order valence-electron chi connectivity index (χ2n) is 12.2. The SMILES string of the molecule is c1ccc(-c2ccc(-c3ccc(N(c4cccc(-c5ccccc5)c4)c4cccc5c4ccc4c6ccccc6sc54)cc3)cc2)cc1. The molecule has 0 radical (unpaired) electrons. The van der Waals surface area contributed by atoms with E-state index in [4.69, 9.17) is 0 Å². The first-order valence-electron chi connectivity index (χ1n) is 16.3. The number of hydrogen-bond donors (Lipinski definition) is 0. The largest absolute Gasteiger partial charge is 0.310 e. The molecule has 0 aliphatic heterocycles. The number of nitrogens with zero attached hydrogens (tertiary/aromatic N) is 1. The van der Waals surface area contributed by atoms with E-state index in [1.54, 1.807) is 0 Å². The van der Waals surface area contributed by atoms with Gasteiger partial charge in [-0.05, 0) is 69.8 Å². The van der Waals surface area contributed by atoms with E-state index in [0.717, 1.165) is 17.1 Å². The highest BCUT2D eigenvalue weighted by molar-refractivity contribution is 7.26. The standard InChI is InChI=1S/C46H31NS/c1-3-11-32(12-4-1)34-21-23-35(24-22-34)36-25-27-38(28-26-36)47(39-16-9-15-37(31-39)33-13-5-2-6-14-33)44-19-10-18-42-40(44)29-30-43-41-17-7-8-20-45(41)48-46(42)43/h1-31H. The maximum Gasteiger partial charge on any atom is 0.0540 e. The Morgan fingerprint density at radius 2 is 0.812 bits per heavy atom. The van der Waals surface area contributed by atoms with Crippen LogP contribution in [0.2, 0.25) is 0 Å². The van der Waals surface area contributed by atoms with Gasteiger partial charge >= 0.3 is 0 Å². The average molecular weight is 630 g/mol. The molecule has 0 fully saturated rings. The molecule has 1 heterocycles. The Kier molecular flexibility index (Phi) is 7.07. The molecule has 0 bridgehead atoms. The lowest BCUT2D eigenvalue weighted by Crippen LogP contribution is -2.10. The minimum absolute atomic E-state index is 1.12. The highest BCUT2D eigenvalue weighted by Crippen LogP contribution is 2.45. The zero-order chi connectivity index (χ0) is 31.9. The van der Waals surface area contributed by atoms with Gasteiger partial charge in [0.2, 0.25) is 0 Å². The van der Waals surface area contributed by atoms with Crippen molar-refractivity contribution in [2.75, 3.05) is 4.90 Å². The van der Waals surface area contributed by atoms with Gasteiger partial charge in [-0.15, -0.1) is 11.3 Å². The van der Waals surface area contributed by atoms with Crippen molar-refractivity contribution >= 4 is 59.3 Å². The summed E-state index contributed by atoms with van der Waals surface area (Å²) in [7, 11) is 0. The van der Waals surface area contributed by atoms with Crippen molar-refractivity contribution < 1.29 is 0 Å². The molecule has 2 heteroatoms. The van der Waals surface area contributed by atoms with E-state index in [9.17, 15) is 0 Å². The average Bonchev–Trinajstić information content (AvgIpc) is 3.56. The third-order valence-electron chi connectivity index (χ3n) is 9.28. The normalized spacial score (nSPS) is 11.3. The van der Waals surface area contributed by atoms with Gasteiger partial charge in [0.05, 0.1) is 5.69 Å². The van der Waals surface area contributed by atoms with Crippen LogP contribution in [0, 0.1) is 0 Å². The molecular formula is C46H31NS. The summed E-state index contributed by atoms with van der Waals surface area (Å²) in [5, 5.41) is 5.16. The van der Waals surface area contributed by atoms with Crippen molar-refractivity contribution in [2.45, 2.75) is 0 Å². The Morgan fingerprint density at radius 1 is 0.312 bits per heavy atom. The Labute approximate surface area is 284 Å². The number of thiophene rings is 1. The first-order valence-corrected chi connectivity index (χ1v) is 17.2. The minimum Gasteiger partial charge on any atom is -0.310 e. The Morgan fingerprint density at radius 3 is 1.52 bits per heavy atom. The van der Waals surface area contributed by atoms with Gasteiger partial charge in [0.15, 0.2) is 0 Å². The molecular weight excluding hydrogens is 599 g/mol. The summed E-state index contributed by atoms with van der Waals surface area (Å²) in [5.41, 5.74) is 10.7. The summed E-state index contributed by atoms with van der Waals surface area (Å²) in [6.45, 7) is 0. The molecule has 0 atom stereocenters. The van der Waals surface area contributed by atoms with E-state index < -0.39 is 0 Å². The van der Waals surface area contributed by atoms with E-state index in [1.807, 2.05) is 11.3 Å². The molecule has 1 aromatic heterocycles. The topological polar surface area (TPSA) is 3.24 Å². The van der Waals surface area contributed by atoms with E-state index in [2.05, 4.69) is 193 Å². The molecule has 0 unspecified atom stereocenters. The van der Waals surface area contributed by atoms with Crippen LogP contribution >= 0.6 is 11.3 Å². The first kappa shape index (κ1) is 28.3. The van der Waals surface area contributed by atoms with Crippen LogP contribution in [0.3, 0.4) is 0 Å². The van der Waals surface area contributed by atoms with Gasteiger partial charge in [-0.2, -0.15) is 0 Å². The smallest absolute Gasteiger partial charge is 0.0540 e. The number of fused-ring (bicyclic) bond motifs is 5. The van der Waals surface area contributed by atoms with Crippen molar-refractivity contribution in [3.8, 4) is 33.4 Å². The second kappa shape index (κ2) is 12.0. The van der Waals surface area contributed by atoms with Crippen LogP contribution in [-0.4, -0.2) is 0 Å². The fraction of sp³-hybridized carbons (Fsp3) is 0. The van der Waals surface area contributed by atoms with Crippen LogP contribution in [0.5, 0.6) is 0 Å². The van der Waals surface area contributed by atoms with Gasteiger partial charge in [-0.25, -0.2) is 0 Å². The quantitative estimate of drug-likeness (QED) is 0.177. The number of hydrogen-bond acceptors (Lipinski definition) is 2. The van der Waals surface area contributed by atoms with Gasteiger partial charge in [0.1, 0.15) is 0 Å². The predicted octanol–water partition coefficient (Wildman–Crippen LogP) is 13.7. The van der Waals surface area contributed by atoms with Gasteiger partial charge in [-0.3, -0.25) is 0 Å². The Bertz CT molecular complexity index is 2530. The van der Waals surface area contributed by atoms with Crippen LogP contribution in [0.15, 0.2) is 188 Å². The number of anilines is 3. The molecule has 8 aromatic carbocycles. The maximum absolute atomic E-state index is 2.41. The highest BCUT2D eigenvalue weighted by Gasteiger charge is 2.18. The Hall–Kier alpha value is -5.96. The van der Waals surface area contributed by atoms with Crippen molar-refractivity contribution in [1.29, 1.82) is 0 Å². The predicted molar refractivity (Wildman–Crippen MR) is 208 cm³/mol. The van der Waals surface area contributed by atoms with Crippen LogP contribution < -0.4 is 4.90 Å². The summed E-state index contributed by atoms with van der Waals surface area (Å²) >= 11 is 1.88. The zero-order valence-corrected chi connectivity index (χ0v) is 27.1. The molecule has 1 nitrogen and oxygen atoms in total. The molecule has 0 saturated carbocycles. The second-order valence-corrected chi connectivity index (χ2v) is 13.2. The fourth-order valence-corrected chi connectivity index (χ4v) is 8.12. The van der Waals surface area contributed by atoms with Gasteiger partial charge < -0.3 is 4.90 Å². The molecule has 0 spiro atoms. The summed E-state index contributed by atoms with van der Waals surface area (Å²) in [4.78, 5) is 2.41. The molecule has 0 aliphatic carbocycles. The van der Waals surface area contributed by atoms with Crippen molar-refractivity contribution in [2.24, 2.45) is 0 Å². The molecule has 9 aromatic rings. The third kappa shape index (κ3) is 5.04. The van der Waals surface area contributed by atoms with Crippen LogP contribution in [0.4, 0.5) is 17.1 Å². The lowest BCUT2D eigenvalue weighted by atomic mass is 9.99. The molecule has 226 valence electrons. The third-order valence-corrected chi connectivity index (χ3v) is 10.5. The summed E-state index contributed by atoms with van der Waals surface area (Å²) < 4.78 is 2.66. The Balaban J connectivity index is 1.18. The van der Waals surface area contributed by atoms with E-state index >= 15 is 0 Å². The van der Waals surface area contributed by atoms with Crippen LogP contribution in [-0.2, 0) is 0 Å². The summed E-state index contributed by atoms with van der Waals surface area (Å²) in [6.07, 6.45) is 0. The van der Waals surface area contributed by atoms with E-state index in [-0.39, 0.29) is 0 Å². The molecule has 0 N–H and O–H groups in total. The first-order chi connectivity index (χ1) is 23.8. The lowest BCUT2D eigenvalue weighted by molar-refractivity contribution is 1.30. The lowest BCUT2D eigenvalue weighted by Gasteiger charge is -2.27. The van der Waals surface area contributed by atoms with Gasteiger partial charge in [0, 0.05) is 42.3 Å². The van der Waals surface area contributed by atoms with Crippen LogP contribution in [0.25, 0.3) is 64.3 Å². The van der Waals surface area contributed by atoms with Crippen molar-refractivity contribution in [3.63, 3.8) is 0 Å². The van der Waals surface area contributed by atoms with Gasteiger partial charge in [-0.1, -0.05) is 152 Å². The minimum atomic E-state index is 1.12. The van der Waals surface area contributed by atoms with E-state index in [1.165, 1.54) is 64.3 Å².